The third-order valence-corrected chi connectivity index (χ3v) is 8.00. The quantitative estimate of drug-likeness (QED) is 0.462. The number of aryl methyl sites for hydroxylation is 2. The number of rotatable bonds is 8. The number of thiophene rings is 2. The van der Waals surface area contributed by atoms with E-state index in [1.807, 2.05) is 54.9 Å². The highest BCUT2D eigenvalue weighted by molar-refractivity contribution is 7.12. The standard InChI is InChI=1S/C26H29N3O3S2/c1-17-11-12-20(15-18(17)2)29(23(30)16-27-25(31)22-10-6-14-34-22)24(21-9-5-13-33-21)26(32)28-19-7-3-4-8-19/h5-6,9-15,19,24H,3-4,7-8,16H2,1-2H3,(H,27,31)(H,28,32)/t24-/m0/s1. The second-order valence-electron chi connectivity index (χ2n) is 8.60. The Morgan fingerprint density at radius 1 is 1.00 bits per heavy atom. The van der Waals surface area contributed by atoms with Crippen molar-refractivity contribution in [3.05, 3.63) is 74.1 Å². The van der Waals surface area contributed by atoms with Crippen molar-refractivity contribution in [1.82, 2.24) is 10.6 Å². The summed E-state index contributed by atoms with van der Waals surface area (Å²) in [5.41, 5.74) is 2.77. The van der Waals surface area contributed by atoms with E-state index >= 15 is 0 Å². The lowest BCUT2D eigenvalue weighted by Crippen LogP contribution is -2.49. The molecule has 0 bridgehead atoms. The smallest absolute Gasteiger partial charge is 0.261 e. The van der Waals surface area contributed by atoms with Gasteiger partial charge in [0.05, 0.1) is 11.4 Å². The highest BCUT2D eigenvalue weighted by Crippen LogP contribution is 2.32. The molecule has 1 fully saturated rings. The van der Waals surface area contributed by atoms with E-state index in [-0.39, 0.29) is 30.3 Å². The van der Waals surface area contributed by atoms with Gasteiger partial charge in [-0.25, -0.2) is 0 Å². The summed E-state index contributed by atoms with van der Waals surface area (Å²) in [5, 5.41) is 9.63. The molecule has 3 aromatic rings. The normalized spacial score (nSPS) is 14.5. The van der Waals surface area contributed by atoms with Crippen molar-refractivity contribution >= 4 is 46.1 Å². The monoisotopic (exact) mass is 495 g/mol. The Kier molecular flexibility index (Phi) is 7.80. The first kappa shape index (κ1) is 24.2. The zero-order valence-corrected chi connectivity index (χ0v) is 21.0. The second kappa shape index (κ2) is 11.0. The molecule has 1 saturated carbocycles. The summed E-state index contributed by atoms with van der Waals surface area (Å²) in [4.78, 5) is 42.6. The van der Waals surface area contributed by atoms with Crippen LogP contribution in [0.4, 0.5) is 5.69 Å². The van der Waals surface area contributed by atoms with Gasteiger partial charge in [0.1, 0.15) is 6.04 Å². The van der Waals surface area contributed by atoms with Gasteiger partial charge in [0.25, 0.3) is 5.91 Å². The van der Waals surface area contributed by atoms with E-state index in [9.17, 15) is 14.4 Å². The molecule has 34 heavy (non-hydrogen) atoms. The third-order valence-electron chi connectivity index (χ3n) is 6.20. The Morgan fingerprint density at radius 3 is 2.38 bits per heavy atom. The molecule has 0 spiro atoms. The predicted molar refractivity (Wildman–Crippen MR) is 138 cm³/mol. The molecule has 2 aromatic heterocycles. The number of benzene rings is 1. The molecular weight excluding hydrogens is 466 g/mol. The minimum atomic E-state index is -0.811. The highest BCUT2D eigenvalue weighted by Gasteiger charge is 2.35. The van der Waals surface area contributed by atoms with Crippen LogP contribution in [-0.2, 0) is 9.59 Å². The topological polar surface area (TPSA) is 78.5 Å². The first-order valence-corrected chi connectivity index (χ1v) is 13.2. The number of carbonyl (C=O) groups is 3. The van der Waals surface area contributed by atoms with Crippen LogP contribution in [0.3, 0.4) is 0 Å². The van der Waals surface area contributed by atoms with Gasteiger partial charge in [0, 0.05) is 16.6 Å². The molecular formula is C26H29N3O3S2. The molecule has 0 radical (unpaired) electrons. The lowest BCUT2D eigenvalue weighted by molar-refractivity contribution is -0.126. The van der Waals surface area contributed by atoms with Gasteiger partial charge in [0.2, 0.25) is 11.8 Å². The van der Waals surface area contributed by atoms with Crippen LogP contribution >= 0.6 is 22.7 Å². The molecule has 4 rings (SSSR count). The summed E-state index contributed by atoms with van der Waals surface area (Å²) >= 11 is 2.77. The van der Waals surface area contributed by atoms with Crippen molar-refractivity contribution in [3.63, 3.8) is 0 Å². The number of anilines is 1. The second-order valence-corrected chi connectivity index (χ2v) is 10.5. The van der Waals surface area contributed by atoms with Gasteiger partial charge in [-0.2, -0.15) is 0 Å². The zero-order valence-electron chi connectivity index (χ0n) is 19.4. The van der Waals surface area contributed by atoms with Crippen LogP contribution in [0.5, 0.6) is 0 Å². The van der Waals surface area contributed by atoms with Gasteiger partial charge in [-0.15, -0.1) is 22.7 Å². The summed E-state index contributed by atoms with van der Waals surface area (Å²) in [6.45, 7) is 3.79. The maximum Gasteiger partial charge on any atom is 0.261 e. The molecule has 1 atom stereocenters. The third kappa shape index (κ3) is 5.56. The fourth-order valence-electron chi connectivity index (χ4n) is 4.22. The summed E-state index contributed by atoms with van der Waals surface area (Å²) < 4.78 is 0. The molecule has 0 saturated heterocycles. The number of amides is 3. The molecule has 1 aliphatic rings. The molecule has 1 aromatic carbocycles. The average molecular weight is 496 g/mol. The van der Waals surface area contributed by atoms with Crippen LogP contribution in [-0.4, -0.2) is 30.3 Å². The summed E-state index contributed by atoms with van der Waals surface area (Å²) in [6, 6.07) is 12.3. The van der Waals surface area contributed by atoms with Crippen molar-refractivity contribution in [2.75, 3.05) is 11.4 Å². The summed E-state index contributed by atoms with van der Waals surface area (Å²) in [7, 11) is 0. The van der Waals surface area contributed by atoms with Crippen LogP contribution in [0.2, 0.25) is 0 Å². The Balaban J connectivity index is 1.66. The predicted octanol–water partition coefficient (Wildman–Crippen LogP) is 4.99. The molecule has 2 heterocycles. The number of carbonyl (C=O) groups excluding carboxylic acids is 3. The SMILES string of the molecule is Cc1ccc(N(C(=O)CNC(=O)c2cccs2)[C@H](C(=O)NC2CCCC2)c2cccs2)cc1C. The lowest BCUT2D eigenvalue weighted by atomic mass is 10.1. The van der Waals surface area contributed by atoms with E-state index in [1.54, 1.807) is 12.1 Å². The number of hydrogen-bond donors (Lipinski definition) is 2. The van der Waals surface area contributed by atoms with Crippen molar-refractivity contribution in [2.45, 2.75) is 51.6 Å². The summed E-state index contributed by atoms with van der Waals surface area (Å²) in [6.07, 6.45) is 4.11. The molecule has 2 N–H and O–H groups in total. The summed E-state index contributed by atoms with van der Waals surface area (Å²) in [5.74, 6) is -0.829. The Bertz CT molecular complexity index is 1140. The minimum Gasteiger partial charge on any atom is -0.351 e. The van der Waals surface area contributed by atoms with Gasteiger partial charge in [-0.05, 0) is 72.8 Å². The molecule has 178 valence electrons. The fourth-order valence-corrected chi connectivity index (χ4v) is 5.67. The van der Waals surface area contributed by atoms with Crippen molar-refractivity contribution < 1.29 is 14.4 Å². The van der Waals surface area contributed by atoms with E-state index in [2.05, 4.69) is 10.6 Å². The van der Waals surface area contributed by atoms with Gasteiger partial charge < -0.3 is 10.6 Å². The van der Waals surface area contributed by atoms with Gasteiger partial charge in [-0.1, -0.05) is 31.0 Å². The average Bonchev–Trinajstić information content (AvgIpc) is 3.61. The van der Waals surface area contributed by atoms with Crippen LogP contribution in [0.1, 0.15) is 57.4 Å². The van der Waals surface area contributed by atoms with Crippen LogP contribution in [0.15, 0.2) is 53.2 Å². The number of nitrogens with one attached hydrogen (secondary N) is 2. The van der Waals surface area contributed by atoms with E-state index in [0.717, 1.165) is 41.7 Å². The van der Waals surface area contributed by atoms with Gasteiger partial charge >= 0.3 is 0 Å². The minimum absolute atomic E-state index is 0.130. The lowest BCUT2D eigenvalue weighted by Gasteiger charge is -2.32. The number of nitrogens with zero attached hydrogens (tertiary/aromatic N) is 1. The van der Waals surface area contributed by atoms with E-state index in [4.69, 9.17) is 0 Å². The fraction of sp³-hybridized carbons (Fsp3) is 0.346. The zero-order chi connectivity index (χ0) is 24.1. The van der Waals surface area contributed by atoms with Crippen molar-refractivity contribution in [2.24, 2.45) is 0 Å². The Hall–Kier alpha value is -2.97. The van der Waals surface area contributed by atoms with Crippen LogP contribution < -0.4 is 15.5 Å². The Morgan fingerprint density at radius 2 is 1.74 bits per heavy atom. The molecule has 0 unspecified atom stereocenters. The van der Waals surface area contributed by atoms with E-state index < -0.39 is 6.04 Å². The maximum absolute atomic E-state index is 13.6. The largest absolute Gasteiger partial charge is 0.351 e. The Labute approximate surface area is 208 Å². The maximum atomic E-state index is 13.6. The van der Waals surface area contributed by atoms with Gasteiger partial charge in [-0.3, -0.25) is 19.3 Å². The van der Waals surface area contributed by atoms with Crippen LogP contribution in [0, 0.1) is 13.8 Å². The molecule has 8 heteroatoms. The van der Waals surface area contributed by atoms with Crippen LogP contribution in [0.25, 0.3) is 0 Å². The molecule has 3 amide bonds. The first-order chi connectivity index (χ1) is 16.4. The molecule has 6 nitrogen and oxygen atoms in total. The molecule has 0 aliphatic heterocycles. The van der Waals surface area contributed by atoms with Crippen molar-refractivity contribution in [3.8, 4) is 0 Å². The van der Waals surface area contributed by atoms with E-state index in [1.165, 1.54) is 27.6 Å². The highest BCUT2D eigenvalue weighted by atomic mass is 32.1. The van der Waals surface area contributed by atoms with E-state index in [0.29, 0.717) is 10.6 Å². The van der Waals surface area contributed by atoms with Crippen molar-refractivity contribution in [1.29, 1.82) is 0 Å². The molecule has 1 aliphatic carbocycles. The van der Waals surface area contributed by atoms with Gasteiger partial charge in [0.15, 0.2) is 0 Å². The first-order valence-electron chi connectivity index (χ1n) is 11.5. The number of hydrogen-bond acceptors (Lipinski definition) is 5.